The highest BCUT2D eigenvalue weighted by Gasteiger charge is 2.02. The minimum atomic E-state index is -3.86. The van der Waals surface area contributed by atoms with E-state index in [1.54, 1.807) is 0 Å². The third-order valence-corrected chi connectivity index (χ3v) is 2.79. The van der Waals surface area contributed by atoms with E-state index in [4.69, 9.17) is 4.55 Å². The zero-order valence-electron chi connectivity index (χ0n) is 9.97. The molecule has 0 aliphatic rings. The van der Waals surface area contributed by atoms with Crippen LogP contribution in [0.3, 0.4) is 0 Å². The first-order chi connectivity index (χ1) is 7.40. The Labute approximate surface area is 97.5 Å². The second-order valence-electron chi connectivity index (χ2n) is 3.35. The molecule has 0 bridgehead atoms. The highest BCUT2D eigenvalue weighted by Crippen LogP contribution is 2.01. The van der Waals surface area contributed by atoms with Crippen LogP contribution in [0.15, 0.2) is 28.8 Å². The van der Waals surface area contributed by atoms with E-state index >= 15 is 0 Å². The van der Waals surface area contributed by atoms with Crippen LogP contribution in [0.4, 0.5) is 0 Å². The van der Waals surface area contributed by atoms with E-state index in [1.165, 1.54) is 0 Å². The van der Waals surface area contributed by atoms with Gasteiger partial charge in [-0.15, -0.1) is 0 Å². The van der Waals surface area contributed by atoms with Crippen molar-refractivity contribution < 1.29 is 13.0 Å². The zero-order valence-corrected chi connectivity index (χ0v) is 10.8. The van der Waals surface area contributed by atoms with Gasteiger partial charge < -0.3 is 0 Å². The number of hydrogen-bond donors (Lipinski definition) is 1. The van der Waals surface area contributed by atoms with Gasteiger partial charge in [-0.3, -0.25) is 9.55 Å². The van der Waals surface area contributed by atoms with E-state index in [0.717, 1.165) is 11.3 Å². The molecule has 92 valence electrons. The first-order valence-electron chi connectivity index (χ1n) is 5.16. The molecule has 0 saturated carbocycles. The molecule has 0 aliphatic heterocycles. The van der Waals surface area contributed by atoms with Gasteiger partial charge in [0.1, 0.15) is 0 Å². The summed E-state index contributed by atoms with van der Waals surface area (Å²) >= 11 is 0. The summed E-state index contributed by atoms with van der Waals surface area (Å²) in [7, 11) is -3.86. The predicted octanol–water partition coefficient (Wildman–Crippen LogP) is 2.25. The fourth-order valence-electron chi connectivity index (χ4n) is 1.19. The van der Waals surface area contributed by atoms with Crippen molar-refractivity contribution in [2.75, 3.05) is 12.3 Å². The van der Waals surface area contributed by atoms with Crippen LogP contribution in [0.2, 0.25) is 0 Å². The normalized spacial score (nSPS) is 14.8. The van der Waals surface area contributed by atoms with Gasteiger partial charge in [0.15, 0.2) is 0 Å². The number of aliphatic imine (C=N–C) groups is 1. The number of rotatable bonds is 6. The molecule has 0 saturated heterocycles. The fourth-order valence-corrected chi connectivity index (χ4v) is 1.68. The summed E-state index contributed by atoms with van der Waals surface area (Å²) in [6.45, 7) is 6.13. The first-order valence-corrected chi connectivity index (χ1v) is 6.77. The Morgan fingerprint density at radius 3 is 2.44 bits per heavy atom. The maximum absolute atomic E-state index is 10.5. The summed E-state index contributed by atoms with van der Waals surface area (Å²) in [6.07, 6.45) is 6.15. The highest BCUT2D eigenvalue weighted by atomic mass is 32.2. The molecule has 0 amide bonds. The van der Waals surface area contributed by atoms with Crippen LogP contribution in [-0.2, 0) is 10.1 Å². The van der Waals surface area contributed by atoms with Gasteiger partial charge in [-0.25, -0.2) is 0 Å². The number of nitrogens with zero attached hydrogens (tertiary/aromatic N) is 1. The summed E-state index contributed by atoms with van der Waals surface area (Å²) in [5.74, 6) is -0.238. The Kier molecular flexibility index (Phi) is 6.92. The van der Waals surface area contributed by atoms with Gasteiger partial charge in [-0.1, -0.05) is 18.2 Å². The quantitative estimate of drug-likeness (QED) is 0.338. The standard InChI is InChI=1S/C11H19NO3S/c1-4-7-11(5-2)10(3)12-8-6-9-16(13,14)15/h4-5,7H,6,8-9H2,1-3H3,(H,13,14,15)/b7-4-,11-5+,12-10+. The molecule has 0 atom stereocenters. The molecule has 0 aromatic rings. The highest BCUT2D eigenvalue weighted by molar-refractivity contribution is 7.85. The van der Waals surface area contributed by atoms with Crippen molar-refractivity contribution in [2.24, 2.45) is 4.99 Å². The molecular weight excluding hydrogens is 226 g/mol. The van der Waals surface area contributed by atoms with Crippen LogP contribution in [0.5, 0.6) is 0 Å². The van der Waals surface area contributed by atoms with Crippen LogP contribution >= 0.6 is 0 Å². The Morgan fingerprint density at radius 1 is 1.38 bits per heavy atom. The van der Waals surface area contributed by atoms with E-state index in [0.29, 0.717) is 13.0 Å². The van der Waals surface area contributed by atoms with Crippen molar-refractivity contribution in [3.63, 3.8) is 0 Å². The lowest BCUT2D eigenvalue weighted by Crippen LogP contribution is -2.06. The van der Waals surface area contributed by atoms with Gasteiger partial charge >= 0.3 is 0 Å². The third-order valence-electron chi connectivity index (χ3n) is 1.98. The van der Waals surface area contributed by atoms with Crippen molar-refractivity contribution in [2.45, 2.75) is 27.2 Å². The summed E-state index contributed by atoms with van der Waals surface area (Å²) < 4.78 is 29.4. The predicted molar refractivity (Wildman–Crippen MR) is 67.6 cm³/mol. The van der Waals surface area contributed by atoms with Crippen LogP contribution in [0, 0.1) is 0 Å². The Balaban J connectivity index is 4.25. The molecule has 0 aromatic heterocycles. The number of hydrogen-bond acceptors (Lipinski definition) is 3. The maximum Gasteiger partial charge on any atom is 0.264 e. The maximum atomic E-state index is 10.5. The number of allylic oxidation sites excluding steroid dienone is 4. The average Bonchev–Trinajstić information content (AvgIpc) is 2.19. The van der Waals surface area contributed by atoms with Crippen molar-refractivity contribution >= 4 is 15.8 Å². The van der Waals surface area contributed by atoms with Crippen molar-refractivity contribution in [3.8, 4) is 0 Å². The summed E-state index contributed by atoms with van der Waals surface area (Å²) in [4.78, 5) is 4.24. The van der Waals surface area contributed by atoms with Gasteiger partial charge in [-0.05, 0) is 32.8 Å². The lowest BCUT2D eigenvalue weighted by molar-refractivity contribution is 0.481. The summed E-state index contributed by atoms with van der Waals surface area (Å²) in [6, 6.07) is 0. The fraction of sp³-hybridized carbons (Fsp3) is 0.545. The van der Waals surface area contributed by atoms with Gasteiger partial charge in [0, 0.05) is 12.3 Å². The van der Waals surface area contributed by atoms with Crippen LogP contribution in [0.1, 0.15) is 27.2 Å². The summed E-state index contributed by atoms with van der Waals surface area (Å²) in [5.41, 5.74) is 1.89. The van der Waals surface area contributed by atoms with Crippen LogP contribution in [-0.4, -0.2) is 31.0 Å². The molecule has 0 heterocycles. The van der Waals surface area contributed by atoms with Crippen molar-refractivity contribution in [1.82, 2.24) is 0 Å². The molecule has 0 fully saturated rings. The van der Waals surface area contributed by atoms with Crippen molar-refractivity contribution in [3.05, 3.63) is 23.8 Å². The summed E-state index contributed by atoms with van der Waals surface area (Å²) in [5, 5.41) is 0. The lowest BCUT2D eigenvalue weighted by atomic mass is 10.1. The minimum absolute atomic E-state index is 0.238. The SMILES string of the molecule is C\C=C/C(=C\C)C(/C)=N/CCCS(=O)(=O)O. The molecule has 0 aliphatic carbocycles. The molecule has 5 heteroatoms. The zero-order chi connectivity index (χ0) is 12.6. The molecule has 4 nitrogen and oxygen atoms in total. The van der Waals surface area contributed by atoms with E-state index in [9.17, 15) is 8.42 Å². The van der Waals surface area contributed by atoms with Crippen LogP contribution < -0.4 is 0 Å². The van der Waals surface area contributed by atoms with E-state index < -0.39 is 10.1 Å². The third kappa shape index (κ3) is 7.36. The topological polar surface area (TPSA) is 66.7 Å². The van der Waals surface area contributed by atoms with Gasteiger partial charge in [0.05, 0.1) is 5.75 Å². The van der Waals surface area contributed by atoms with Gasteiger partial charge in [0.25, 0.3) is 10.1 Å². The Hall–Kier alpha value is -0.940. The molecule has 0 aromatic carbocycles. The molecule has 1 N–H and O–H groups in total. The van der Waals surface area contributed by atoms with Crippen LogP contribution in [0.25, 0.3) is 0 Å². The van der Waals surface area contributed by atoms with E-state index in [2.05, 4.69) is 4.99 Å². The molecular formula is C11H19NO3S. The van der Waals surface area contributed by atoms with E-state index in [-0.39, 0.29) is 5.75 Å². The second kappa shape index (κ2) is 7.35. The lowest BCUT2D eigenvalue weighted by Gasteiger charge is -2.01. The Morgan fingerprint density at radius 2 is 2.00 bits per heavy atom. The smallest absolute Gasteiger partial charge is 0.264 e. The molecule has 0 unspecified atom stereocenters. The average molecular weight is 245 g/mol. The molecule has 16 heavy (non-hydrogen) atoms. The second-order valence-corrected chi connectivity index (χ2v) is 4.92. The van der Waals surface area contributed by atoms with E-state index in [1.807, 2.05) is 39.0 Å². The monoisotopic (exact) mass is 245 g/mol. The van der Waals surface area contributed by atoms with Gasteiger partial charge in [0.2, 0.25) is 0 Å². The first kappa shape index (κ1) is 15.1. The molecule has 0 radical (unpaired) electrons. The Bertz CT molecular complexity index is 391. The molecule has 0 rings (SSSR count). The van der Waals surface area contributed by atoms with Crippen molar-refractivity contribution in [1.29, 1.82) is 0 Å². The van der Waals surface area contributed by atoms with Gasteiger partial charge in [-0.2, -0.15) is 8.42 Å². The minimum Gasteiger partial charge on any atom is -0.289 e. The molecule has 0 spiro atoms. The largest absolute Gasteiger partial charge is 0.289 e.